The highest BCUT2D eigenvalue weighted by atomic mass is 32.1. The number of nitrogens with zero attached hydrogens (tertiary/aromatic N) is 2. The average molecular weight is 398 g/mol. The van der Waals surface area contributed by atoms with Crippen LogP contribution in [-0.4, -0.2) is 53.8 Å². The summed E-state index contributed by atoms with van der Waals surface area (Å²) in [6.45, 7) is 11.4. The van der Waals surface area contributed by atoms with Crippen LogP contribution in [0.3, 0.4) is 0 Å². The summed E-state index contributed by atoms with van der Waals surface area (Å²) in [5, 5.41) is 3.40. The van der Waals surface area contributed by atoms with Gasteiger partial charge in [0.15, 0.2) is 5.13 Å². The van der Waals surface area contributed by atoms with Crippen LogP contribution in [0.1, 0.15) is 51.1 Å². The van der Waals surface area contributed by atoms with Crippen molar-refractivity contribution in [3.8, 4) is 0 Å². The Morgan fingerprint density at radius 3 is 2.74 bits per heavy atom. The molecule has 0 saturated carbocycles. The molecule has 7 nitrogen and oxygen atoms in total. The maximum atomic E-state index is 12.2. The SMILES string of the molecule is CCc1nc(NC(=O)COC[C@H]2CCCN(C(=O)OC(C)(C)C)C2)sc1C. The molecule has 2 rings (SSSR count). The number of rotatable bonds is 6. The van der Waals surface area contributed by atoms with Crippen molar-refractivity contribution in [2.24, 2.45) is 5.92 Å². The molecule has 1 N–H and O–H groups in total. The number of piperidine rings is 1. The standard InChI is InChI=1S/C19H31N3O4S/c1-6-15-13(2)27-17(20-15)21-16(23)12-25-11-14-8-7-9-22(10-14)18(24)26-19(3,4)5/h14H,6-12H2,1-5H3,(H,20,21,23)/t14-/m0/s1. The highest BCUT2D eigenvalue weighted by Gasteiger charge is 2.27. The highest BCUT2D eigenvalue weighted by Crippen LogP contribution is 2.22. The van der Waals surface area contributed by atoms with E-state index in [0.717, 1.165) is 29.8 Å². The first kappa shape index (κ1) is 21.6. The minimum absolute atomic E-state index is 0.0109. The fourth-order valence-electron chi connectivity index (χ4n) is 2.98. The number of carbonyl (C=O) groups excluding carboxylic acids is 2. The maximum absolute atomic E-state index is 12.2. The maximum Gasteiger partial charge on any atom is 0.410 e. The van der Waals surface area contributed by atoms with Crippen LogP contribution in [0.15, 0.2) is 0 Å². The number of hydrogen-bond acceptors (Lipinski definition) is 6. The van der Waals surface area contributed by atoms with Crippen LogP contribution in [0.2, 0.25) is 0 Å². The molecule has 0 aliphatic carbocycles. The zero-order valence-electron chi connectivity index (χ0n) is 17.0. The van der Waals surface area contributed by atoms with Crippen LogP contribution in [0.4, 0.5) is 9.93 Å². The molecule has 2 amide bonds. The molecule has 1 atom stereocenters. The van der Waals surface area contributed by atoms with E-state index in [1.165, 1.54) is 11.3 Å². The zero-order chi connectivity index (χ0) is 20.0. The number of ether oxygens (including phenoxy) is 2. The summed E-state index contributed by atoms with van der Waals surface area (Å²) < 4.78 is 11.0. The van der Waals surface area contributed by atoms with Crippen molar-refractivity contribution < 1.29 is 19.1 Å². The topological polar surface area (TPSA) is 80.8 Å². The third kappa shape index (κ3) is 7.10. The van der Waals surface area contributed by atoms with Gasteiger partial charge >= 0.3 is 6.09 Å². The summed E-state index contributed by atoms with van der Waals surface area (Å²) in [6, 6.07) is 0. The zero-order valence-corrected chi connectivity index (χ0v) is 17.8. The molecule has 8 heteroatoms. The van der Waals surface area contributed by atoms with Gasteiger partial charge < -0.3 is 14.4 Å². The van der Waals surface area contributed by atoms with Gasteiger partial charge in [0, 0.05) is 23.9 Å². The van der Waals surface area contributed by atoms with Crippen LogP contribution in [0, 0.1) is 12.8 Å². The van der Waals surface area contributed by atoms with Gasteiger partial charge in [0.05, 0.1) is 12.3 Å². The van der Waals surface area contributed by atoms with Gasteiger partial charge in [0.2, 0.25) is 0 Å². The first-order valence-corrected chi connectivity index (χ1v) is 10.3. The van der Waals surface area contributed by atoms with E-state index in [1.807, 2.05) is 34.6 Å². The molecule has 1 aromatic rings. The van der Waals surface area contributed by atoms with Crippen molar-refractivity contribution >= 4 is 28.5 Å². The predicted octanol–water partition coefficient (Wildman–Crippen LogP) is 3.62. The molecule has 0 unspecified atom stereocenters. The average Bonchev–Trinajstić information content (AvgIpc) is 2.93. The van der Waals surface area contributed by atoms with Gasteiger partial charge in [0.25, 0.3) is 5.91 Å². The van der Waals surface area contributed by atoms with Crippen LogP contribution in [0.25, 0.3) is 0 Å². The van der Waals surface area contributed by atoms with Crippen molar-refractivity contribution in [2.75, 3.05) is 31.6 Å². The number of thiazole rings is 1. The van der Waals surface area contributed by atoms with Crippen molar-refractivity contribution in [2.45, 2.75) is 59.5 Å². The molecule has 27 heavy (non-hydrogen) atoms. The second-order valence-corrected chi connectivity index (χ2v) is 9.08. The van der Waals surface area contributed by atoms with E-state index < -0.39 is 5.60 Å². The van der Waals surface area contributed by atoms with Gasteiger partial charge in [-0.05, 0) is 47.0 Å². The van der Waals surface area contributed by atoms with Gasteiger partial charge in [-0.25, -0.2) is 9.78 Å². The van der Waals surface area contributed by atoms with Crippen LogP contribution in [0.5, 0.6) is 0 Å². The Hall–Kier alpha value is -1.67. The fraction of sp³-hybridized carbons (Fsp3) is 0.737. The van der Waals surface area contributed by atoms with E-state index in [9.17, 15) is 9.59 Å². The second kappa shape index (κ2) is 9.50. The molecule has 1 aliphatic rings. The van der Waals surface area contributed by atoms with Gasteiger partial charge in [-0.1, -0.05) is 6.92 Å². The van der Waals surface area contributed by atoms with Crippen LogP contribution >= 0.6 is 11.3 Å². The summed E-state index contributed by atoms with van der Waals surface area (Å²) >= 11 is 1.48. The quantitative estimate of drug-likeness (QED) is 0.793. The van der Waals surface area contributed by atoms with E-state index in [4.69, 9.17) is 9.47 Å². The number of likely N-dealkylation sites (tertiary alicyclic amines) is 1. The Morgan fingerprint density at radius 2 is 2.11 bits per heavy atom. The molecule has 0 radical (unpaired) electrons. The molecule has 0 aromatic carbocycles. The number of anilines is 1. The third-order valence-corrected chi connectivity index (χ3v) is 5.16. The van der Waals surface area contributed by atoms with Gasteiger partial charge in [-0.15, -0.1) is 11.3 Å². The first-order chi connectivity index (χ1) is 12.7. The molecular weight excluding hydrogens is 366 g/mol. The molecule has 2 heterocycles. The summed E-state index contributed by atoms with van der Waals surface area (Å²) in [6.07, 6.45) is 2.46. The molecule has 0 spiro atoms. The second-order valence-electron chi connectivity index (χ2n) is 7.87. The first-order valence-electron chi connectivity index (χ1n) is 9.49. The number of nitrogens with one attached hydrogen (secondary N) is 1. The predicted molar refractivity (Wildman–Crippen MR) is 106 cm³/mol. The van der Waals surface area contributed by atoms with Gasteiger partial charge in [-0.2, -0.15) is 0 Å². The Balaban J connectivity index is 1.72. The summed E-state index contributed by atoms with van der Waals surface area (Å²) in [5.41, 5.74) is 0.519. The molecule has 152 valence electrons. The Labute approximate surface area is 165 Å². The van der Waals surface area contributed by atoms with E-state index >= 15 is 0 Å². The summed E-state index contributed by atoms with van der Waals surface area (Å²) in [5.74, 6) is 0.0130. The lowest BCUT2D eigenvalue weighted by atomic mass is 9.99. The normalized spacial score (nSPS) is 17.7. The van der Waals surface area contributed by atoms with Crippen molar-refractivity contribution in [3.63, 3.8) is 0 Å². The largest absolute Gasteiger partial charge is 0.444 e. The Bertz CT molecular complexity index is 654. The molecule has 1 aliphatic heterocycles. The number of hydrogen-bond donors (Lipinski definition) is 1. The Kier molecular flexibility index (Phi) is 7.61. The van der Waals surface area contributed by atoms with E-state index in [-0.39, 0.29) is 24.5 Å². The minimum atomic E-state index is -0.496. The Morgan fingerprint density at radius 1 is 1.37 bits per heavy atom. The lowest BCUT2D eigenvalue weighted by Gasteiger charge is -2.34. The van der Waals surface area contributed by atoms with E-state index in [0.29, 0.717) is 24.8 Å². The molecule has 1 fully saturated rings. The third-order valence-electron chi connectivity index (χ3n) is 4.23. The molecular formula is C19H31N3O4S. The lowest BCUT2D eigenvalue weighted by molar-refractivity contribution is -0.121. The highest BCUT2D eigenvalue weighted by molar-refractivity contribution is 7.15. The van der Waals surface area contributed by atoms with Crippen molar-refractivity contribution in [3.05, 3.63) is 10.6 Å². The monoisotopic (exact) mass is 397 g/mol. The minimum Gasteiger partial charge on any atom is -0.444 e. The van der Waals surface area contributed by atoms with E-state index in [1.54, 1.807) is 4.90 Å². The van der Waals surface area contributed by atoms with Crippen molar-refractivity contribution in [1.29, 1.82) is 0 Å². The molecule has 1 aromatic heterocycles. The smallest absolute Gasteiger partial charge is 0.410 e. The summed E-state index contributed by atoms with van der Waals surface area (Å²) in [7, 11) is 0. The van der Waals surface area contributed by atoms with Gasteiger partial charge in [0.1, 0.15) is 12.2 Å². The number of aromatic nitrogens is 1. The van der Waals surface area contributed by atoms with Crippen LogP contribution in [-0.2, 0) is 20.7 Å². The number of aryl methyl sites for hydroxylation is 2. The van der Waals surface area contributed by atoms with E-state index in [2.05, 4.69) is 10.3 Å². The lowest BCUT2D eigenvalue weighted by Crippen LogP contribution is -2.44. The fourth-order valence-corrected chi connectivity index (χ4v) is 3.90. The molecule has 1 saturated heterocycles. The van der Waals surface area contributed by atoms with Crippen LogP contribution < -0.4 is 5.32 Å². The van der Waals surface area contributed by atoms with Crippen molar-refractivity contribution in [1.82, 2.24) is 9.88 Å². The van der Waals surface area contributed by atoms with Gasteiger partial charge in [-0.3, -0.25) is 10.1 Å². The molecule has 0 bridgehead atoms. The summed E-state index contributed by atoms with van der Waals surface area (Å²) in [4.78, 5) is 31.5. The number of carbonyl (C=O) groups is 2. The number of amides is 2.